The van der Waals surface area contributed by atoms with Gasteiger partial charge in [-0.3, -0.25) is 4.79 Å². The maximum absolute atomic E-state index is 12.3. The summed E-state index contributed by atoms with van der Waals surface area (Å²) in [4.78, 5) is 18.5. The number of amides is 1. The summed E-state index contributed by atoms with van der Waals surface area (Å²) < 4.78 is 0. The van der Waals surface area contributed by atoms with Crippen molar-refractivity contribution in [2.75, 3.05) is 25.5 Å². The van der Waals surface area contributed by atoms with Gasteiger partial charge in [-0.15, -0.1) is 0 Å². The Balaban J connectivity index is 2.06. The Morgan fingerprint density at radius 3 is 2.72 bits per heavy atom. The molecule has 0 radical (unpaired) electrons. The number of nitrogens with one attached hydrogen (secondary N) is 1. The first-order valence-corrected chi connectivity index (χ1v) is 6.55. The molecule has 2 unspecified atom stereocenters. The second-order valence-corrected chi connectivity index (χ2v) is 5.18. The quantitative estimate of drug-likeness (QED) is 0.871. The molecule has 1 aliphatic heterocycles. The highest BCUT2D eigenvalue weighted by Crippen LogP contribution is 2.23. The zero-order valence-electron chi connectivity index (χ0n) is 11.3. The van der Waals surface area contributed by atoms with E-state index in [1.807, 2.05) is 24.1 Å². The third-order valence-electron chi connectivity index (χ3n) is 3.89. The van der Waals surface area contributed by atoms with E-state index in [-0.39, 0.29) is 5.91 Å². The van der Waals surface area contributed by atoms with Crippen LogP contribution in [-0.4, -0.2) is 35.9 Å². The molecular formula is C14H21N3O. The van der Waals surface area contributed by atoms with Crippen LogP contribution in [0, 0.1) is 11.8 Å². The molecule has 18 heavy (non-hydrogen) atoms. The van der Waals surface area contributed by atoms with Gasteiger partial charge in [-0.05, 0) is 30.4 Å². The summed E-state index contributed by atoms with van der Waals surface area (Å²) in [5, 5.41) is 2.95. The van der Waals surface area contributed by atoms with Gasteiger partial charge >= 0.3 is 0 Å². The Bertz CT molecular complexity index is 416. The fraction of sp³-hybridized carbons (Fsp3) is 0.571. The minimum absolute atomic E-state index is 0.101. The normalized spacial score (nSPS) is 23.8. The summed E-state index contributed by atoms with van der Waals surface area (Å²) in [5.41, 5.74) is 0.677. The fourth-order valence-corrected chi connectivity index (χ4v) is 2.30. The molecule has 98 valence electrons. The summed E-state index contributed by atoms with van der Waals surface area (Å²) in [7, 11) is 1.82. The first-order valence-electron chi connectivity index (χ1n) is 6.55. The molecule has 4 heteroatoms. The number of carbonyl (C=O) groups excluding carboxylic acids is 1. The van der Waals surface area contributed by atoms with E-state index in [1.54, 1.807) is 6.20 Å². The van der Waals surface area contributed by atoms with E-state index in [0.717, 1.165) is 25.3 Å². The van der Waals surface area contributed by atoms with Gasteiger partial charge in [0.15, 0.2) is 0 Å². The Labute approximate surface area is 108 Å². The lowest BCUT2D eigenvalue weighted by atomic mass is 9.88. The highest BCUT2D eigenvalue weighted by Gasteiger charge is 2.26. The predicted molar refractivity (Wildman–Crippen MR) is 72.6 cm³/mol. The third-order valence-corrected chi connectivity index (χ3v) is 3.89. The fourth-order valence-electron chi connectivity index (χ4n) is 2.30. The highest BCUT2D eigenvalue weighted by atomic mass is 16.2. The van der Waals surface area contributed by atoms with E-state index in [9.17, 15) is 4.79 Å². The van der Waals surface area contributed by atoms with Crippen molar-refractivity contribution in [1.29, 1.82) is 0 Å². The largest absolute Gasteiger partial charge is 0.373 e. The van der Waals surface area contributed by atoms with Crippen LogP contribution in [-0.2, 0) is 0 Å². The number of nitrogens with zero attached hydrogens (tertiary/aromatic N) is 2. The first-order chi connectivity index (χ1) is 8.61. The number of hydrogen-bond donors (Lipinski definition) is 1. The zero-order valence-corrected chi connectivity index (χ0v) is 11.3. The lowest BCUT2D eigenvalue weighted by Crippen LogP contribution is -2.42. The third kappa shape index (κ3) is 2.63. The van der Waals surface area contributed by atoms with Crippen LogP contribution in [0.25, 0.3) is 0 Å². The summed E-state index contributed by atoms with van der Waals surface area (Å²) in [5.74, 6) is 2.17. The lowest BCUT2D eigenvalue weighted by molar-refractivity contribution is 0.0627. The number of rotatable bonds is 2. The summed E-state index contributed by atoms with van der Waals surface area (Å²) in [6.07, 6.45) is 2.74. The van der Waals surface area contributed by atoms with Crippen LogP contribution in [0.3, 0.4) is 0 Å². The van der Waals surface area contributed by atoms with Crippen LogP contribution < -0.4 is 5.32 Å². The number of anilines is 1. The predicted octanol–water partition coefficient (Wildman–Crippen LogP) is 2.24. The van der Waals surface area contributed by atoms with Crippen molar-refractivity contribution in [3.8, 4) is 0 Å². The van der Waals surface area contributed by atoms with E-state index < -0.39 is 0 Å². The van der Waals surface area contributed by atoms with E-state index in [2.05, 4.69) is 24.1 Å². The number of pyridine rings is 1. The van der Waals surface area contributed by atoms with Gasteiger partial charge < -0.3 is 10.2 Å². The van der Waals surface area contributed by atoms with Crippen molar-refractivity contribution in [2.24, 2.45) is 11.8 Å². The molecule has 0 aromatic carbocycles. The molecule has 1 amide bonds. The van der Waals surface area contributed by atoms with Crippen LogP contribution in [0.4, 0.5) is 5.82 Å². The second kappa shape index (κ2) is 5.38. The second-order valence-electron chi connectivity index (χ2n) is 5.18. The van der Waals surface area contributed by atoms with Crippen molar-refractivity contribution in [1.82, 2.24) is 9.88 Å². The van der Waals surface area contributed by atoms with Crippen LogP contribution >= 0.6 is 0 Å². The van der Waals surface area contributed by atoms with Gasteiger partial charge in [-0.1, -0.05) is 13.8 Å². The van der Waals surface area contributed by atoms with Crippen molar-refractivity contribution < 1.29 is 4.79 Å². The molecule has 1 N–H and O–H groups in total. The van der Waals surface area contributed by atoms with Crippen LogP contribution in [0.2, 0.25) is 0 Å². The molecule has 0 aliphatic carbocycles. The molecule has 1 aliphatic rings. The van der Waals surface area contributed by atoms with Crippen LogP contribution in [0.5, 0.6) is 0 Å². The van der Waals surface area contributed by atoms with Gasteiger partial charge in [0.2, 0.25) is 0 Å². The average molecular weight is 247 g/mol. The highest BCUT2D eigenvalue weighted by molar-refractivity contribution is 5.94. The Morgan fingerprint density at radius 1 is 1.39 bits per heavy atom. The monoisotopic (exact) mass is 247 g/mol. The van der Waals surface area contributed by atoms with Crippen LogP contribution in [0.15, 0.2) is 18.3 Å². The maximum Gasteiger partial charge on any atom is 0.255 e. The average Bonchev–Trinajstić information content (AvgIpc) is 2.41. The van der Waals surface area contributed by atoms with E-state index in [4.69, 9.17) is 0 Å². The topological polar surface area (TPSA) is 45.2 Å². The van der Waals surface area contributed by atoms with Gasteiger partial charge in [-0.2, -0.15) is 0 Å². The molecule has 1 fully saturated rings. The maximum atomic E-state index is 12.3. The number of aromatic nitrogens is 1. The molecule has 1 aromatic heterocycles. The molecular weight excluding hydrogens is 226 g/mol. The van der Waals surface area contributed by atoms with E-state index in [1.165, 1.54) is 0 Å². The van der Waals surface area contributed by atoms with Gasteiger partial charge in [-0.25, -0.2) is 4.98 Å². The number of likely N-dealkylation sites (tertiary alicyclic amines) is 1. The Hall–Kier alpha value is -1.58. The molecule has 2 atom stereocenters. The molecule has 0 spiro atoms. The van der Waals surface area contributed by atoms with Crippen molar-refractivity contribution >= 4 is 11.7 Å². The molecule has 1 aromatic rings. The summed E-state index contributed by atoms with van der Waals surface area (Å²) >= 11 is 0. The van der Waals surface area contributed by atoms with Gasteiger partial charge in [0.05, 0.1) is 5.56 Å². The Morgan fingerprint density at radius 2 is 2.17 bits per heavy atom. The van der Waals surface area contributed by atoms with Gasteiger partial charge in [0.25, 0.3) is 5.91 Å². The number of piperidine rings is 1. The van der Waals surface area contributed by atoms with Crippen molar-refractivity contribution in [3.63, 3.8) is 0 Å². The molecule has 1 saturated heterocycles. The van der Waals surface area contributed by atoms with Crippen molar-refractivity contribution in [2.45, 2.75) is 20.3 Å². The number of carbonyl (C=O) groups is 1. The summed E-state index contributed by atoms with van der Waals surface area (Å²) in [6.45, 7) is 6.19. The first kappa shape index (κ1) is 12.9. The van der Waals surface area contributed by atoms with Crippen molar-refractivity contribution in [3.05, 3.63) is 23.9 Å². The minimum Gasteiger partial charge on any atom is -0.373 e. The molecule has 2 rings (SSSR count). The van der Waals surface area contributed by atoms with E-state index >= 15 is 0 Å². The summed E-state index contributed by atoms with van der Waals surface area (Å²) in [6, 6.07) is 3.67. The molecule has 0 saturated carbocycles. The zero-order chi connectivity index (χ0) is 13.1. The standard InChI is InChI=1S/C14H21N3O/c1-10-6-7-17(9-11(10)2)14(18)12-4-5-13(15-3)16-8-12/h4-5,8,10-11H,6-7,9H2,1-3H3,(H,15,16). The van der Waals surface area contributed by atoms with Gasteiger partial charge in [0, 0.05) is 26.3 Å². The van der Waals surface area contributed by atoms with Crippen LogP contribution in [0.1, 0.15) is 30.6 Å². The minimum atomic E-state index is 0.101. The molecule has 0 bridgehead atoms. The molecule has 2 heterocycles. The number of hydrogen-bond acceptors (Lipinski definition) is 3. The van der Waals surface area contributed by atoms with Gasteiger partial charge in [0.1, 0.15) is 5.82 Å². The SMILES string of the molecule is CNc1ccc(C(=O)N2CCC(C)C(C)C2)cn1. The van der Waals surface area contributed by atoms with E-state index in [0.29, 0.717) is 17.4 Å². The lowest BCUT2D eigenvalue weighted by Gasteiger charge is -2.35. The Kier molecular flexibility index (Phi) is 3.84. The smallest absolute Gasteiger partial charge is 0.255 e. The molecule has 4 nitrogen and oxygen atoms in total.